The SMILES string of the molecule is CN(CC1CCC1)S(=O)(=O)c1cn(C)nc1N. The third-order valence-corrected chi connectivity index (χ3v) is 5.09. The fourth-order valence-corrected chi connectivity index (χ4v) is 3.32. The van der Waals surface area contributed by atoms with Crippen molar-refractivity contribution in [3.05, 3.63) is 6.20 Å². The van der Waals surface area contributed by atoms with Crippen LogP contribution in [0.25, 0.3) is 0 Å². The average Bonchev–Trinajstić information content (AvgIpc) is 2.51. The minimum absolute atomic E-state index is 0.0629. The Morgan fingerprint density at radius 1 is 1.59 bits per heavy atom. The van der Waals surface area contributed by atoms with E-state index in [0.29, 0.717) is 12.5 Å². The summed E-state index contributed by atoms with van der Waals surface area (Å²) >= 11 is 0. The summed E-state index contributed by atoms with van der Waals surface area (Å²) in [5.41, 5.74) is 5.60. The van der Waals surface area contributed by atoms with Crippen molar-refractivity contribution in [2.75, 3.05) is 19.3 Å². The van der Waals surface area contributed by atoms with Gasteiger partial charge >= 0.3 is 0 Å². The van der Waals surface area contributed by atoms with Gasteiger partial charge in [0.2, 0.25) is 10.0 Å². The molecule has 1 aliphatic rings. The van der Waals surface area contributed by atoms with Gasteiger partial charge in [-0.05, 0) is 18.8 Å². The standard InChI is InChI=1S/C10H18N4O2S/c1-13-7-9(10(11)12-13)17(15,16)14(2)6-8-4-3-5-8/h7-8H,3-6H2,1-2H3,(H2,11,12). The molecule has 1 saturated carbocycles. The van der Waals surface area contributed by atoms with E-state index in [4.69, 9.17) is 5.73 Å². The van der Waals surface area contributed by atoms with Crippen LogP contribution in [0.2, 0.25) is 0 Å². The maximum absolute atomic E-state index is 12.2. The number of sulfonamides is 1. The first-order valence-corrected chi connectivity index (χ1v) is 7.10. The summed E-state index contributed by atoms with van der Waals surface area (Å²) in [5, 5.41) is 3.86. The second kappa shape index (κ2) is 4.30. The molecule has 96 valence electrons. The molecule has 0 bridgehead atoms. The van der Waals surface area contributed by atoms with Crippen molar-refractivity contribution in [1.82, 2.24) is 14.1 Å². The van der Waals surface area contributed by atoms with E-state index in [-0.39, 0.29) is 10.7 Å². The number of aryl methyl sites for hydroxylation is 1. The van der Waals surface area contributed by atoms with Crippen LogP contribution in [0, 0.1) is 5.92 Å². The fourth-order valence-electron chi connectivity index (χ4n) is 1.99. The normalized spacial score (nSPS) is 17.4. The van der Waals surface area contributed by atoms with Gasteiger partial charge in [-0.15, -0.1) is 0 Å². The number of hydrogen-bond donors (Lipinski definition) is 1. The van der Waals surface area contributed by atoms with Crippen LogP contribution in [0.4, 0.5) is 5.82 Å². The first kappa shape index (κ1) is 12.4. The van der Waals surface area contributed by atoms with Gasteiger partial charge in [-0.2, -0.15) is 5.10 Å². The molecule has 1 aromatic rings. The molecule has 0 radical (unpaired) electrons. The topological polar surface area (TPSA) is 81.2 Å². The Morgan fingerprint density at radius 2 is 2.24 bits per heavy atom. The lowest BCUT2D eigenvalue weighted by atomic mass is 9.86. The zero-order valence-electron chi connectivity index (χ0n) is 10.1. The van der Waals surface area contributed by atoms with E-state index < -0.39 is 10.0 Å². The first-order valence-electron chi connectivity index (χ1n) is 5.66. The third-order valence-electron chi connectivity index (χ3n) is 3.25. The van der Waals surface area contributed by atoms with Crippen LogP contribution in [0.1, 0.15) is 19.3 Å². The Balaban J connectivity index is 2.19. The van der Waals surface area contributed by atoms with Crippen LogP contribution >= 0.6 is 0 Å². The molecule has 7 heteroatoms. The zero-order chi connectivity index (χ0) is 12.6. The molecular weight excluding hydrogens is 240 g/mol. The molecular formula is C10H18N4O2S. The Kier molecular flexibility index (Phi) is 3.13. The summed E-state index contributed by atoms with van der Waals surface area (Å²) in [5.74, 6) is 0.556. The molecule has 1 heterocycles. The van der Waals surface area contributed by atoms with Gasteiger partial charge in [0, 0.05) is 26.8 Å². The van der Waals surface area contributed by atoms with Crippen molar-refractivity contribution in [1.29, 1.82) is 0 Å². The third kappa shape index (κ3) is 2.30. The van der Waals surface area contributed by atoms with Crippen LogP contribution in [0.15, 0.2) is 11.1 Å². The largest absolute Gasteiger partial charge is 0.381 e. The fraction of sp³-hybridized carbons (Fsp3) is 0.700. The Bertz CT molecular complexity index is 504. The first-order chi connectivity index (χ1) is 7.91. The molecule has 6 nitrogen and oxygen atoms in total. The highest BCUT2D eigenvalue weighted by atomic mass is 32.2. The Morgan fingerprint density at radius 3 is 2.65 bits per heavy atom. The van der Waals surface area contributed by atoms with E-state index in [1.54, 1.807) is 14.1 Å². The number of hydrogen-bond acceptors (Lipinski definition) is 4. The summed E-state index contributed by atoms with van der Waals surface area (Å²) in [6, 6.07) is 0. The number of aromatic nitrogens is 2. The summed E-state index contributed by atoms with van der Waals surface area (Å²) in [7, 11) is -0.244. The summed E-state index contributed by atoms with van der Waals surface area (Å²) in [4.78, 5) is 0.0989. The molecule has 0 atom stereocenters. The van der Waals surface area contributed by atoms with Gasteiger partial charge in [-0.25, -0.2) is 12.7 Å². The van der Waals surface area contributed by atoms with Crippen molar-refractivity contribution in [2.45, 2.75) is 24.2 Å². The van der Waals surface area contributed by atoms with Crippen molar-refractivity contribution < 1.29 is 8.42 Å². The van der Waals surface area contributed by atoms with E-state index in [9.17, 15) is 8.42 Å². The molecule has 1 aromatic heterocycles. The zero-order valence-corrected chi connectivity index (χ0v) is 10.9. The average molecular weight is 258 g/mol. The highest BCUT2D eigenvalue weighted by Crippen LogP contribution is 2.29. The van der Waals surface area contributed by atoms with Crippen LogP contribution in [-0.2, 0) is 17.1 Å². The van der Waals surface area contributed by atoms with Gasteiger partial charge in [-0.1, -0.05) is 6.42 Å². The van der Waals surface area contributed by atoms with E-state index in [2.05, 4.69) is 5.10 Å². The molecule has 0 aromatic carbocycles. The second-order valence-electron chi connectivity index (χ2n) is 4.63. The van der Waals surface area contributed by atoms with E-state index >= 15 is 0 Å². The van der Waals surface area contributed by atoms with Crippen LogP contribution in [-0.4, -0.2) is 36.1 Å². The molecule has 0 unspecified atom stereocenters. The highest BCUT2D eigenvalue weighted by molar-refractivity contribution is 7.89. The minimum atomic E-state index is -3.50. The second-order valence-corrected chi connectivity index (χ2v) is 6.65. The summed E-state index contributed by atoms with van der Waals surface area (Å²) < 4.78 is 27.3. The Hall–Kier alpha value is -1.08. The van der Waals surface area contributed by atoms with Crippen molar-refractivity contribution >= 4 is 15.8 Å². The highest BCUT2D eigenvalue weighted by Gasteiger charge is 2.29. The molecule has 0 amide bonds. The Labute approximate surface area is 101 Å². The van der Waals surface area contributed by atoms with Gasteiger partial charge in [0.05, 0.1) is 0 Å². The van der Waals surface area contributed by atoms with Crippen molar-refractivity contribution in [3.8, 4) is 0 Å². The van der Waals surface area contributed by atoms with Gasteiger partial charge in [0.1, 0.15) is 4.90 Å². The lowest BCUT2D eigenvalue weighted by molar-refractivity contribution is 0.263. The van der Waals surface area contributed by atoms with Gasteiger partial charge in [-0.3, -0.25) is 4.68 Å². The molecule has 0 saturated heterocycles. The summed E-state index contributed by atoms with van der Waals surface area (Å²) in [6.07, 6.45) is 4.88. The van der Waals surface area contributed by atoms with Crippen LogP contribution in [0.3, 0.4) is 0 Å². The molecule has 0 spiro atoms. The minimum Gasteiger partial charge on any atom is -0.381 e. The number of nitrogens with zero attached hydrogens (tertiary/aromatic N) is 3. The lowest BCUT2D eigenvalue weighted by Crippen LogP contribution is -2.34. The molecule has 17 heavy (non-hydrogen) atoms. The number of rotatable bonds is 4. The smallest absolute Gasteiger partial charge is 0.248 e. The molecule has 2 N–H and O–H groups in total. The van der Waals surface area contributed by atoms with Gasteiger partial charge < -0.3 is 5.73 Å². The quantitative estimate of drug-likeness (QED) is 0.848. The van der Waals surface area contributed by atoms with E-state index in [1.807, 2.05) is 0 Å². The predicted octanol–water partition coefficient (Wildman–Crippen LogP) is 0.423. The summed E-state index contributed by atoms with van der Waals surface area (Å²) in [6.45, 7) is 0.566. The molecule has 2 rings (SSSR count). The molecule has 0 aliphatic heterocycles. The van der Waals surface area contributed by atoms with E-state index in [1.165, 1.54) is 21.6 Å². The van der Waals surface area contributed by atoms with Crippen molar-refractivity contribution in [3.63, 3.8) is 0 Å². The van der Waals surface area contributed by atoms with Gasteiger partial charge in [0.15, 0.2) is 5.82 Å². The maximum atomic E-state index is 12.2. The molecule has 1 aliphatic carbocycles. The molecule has 1 fully saturated rings. The van der Waals surface area contributed by atoms with Crippen LogP contribution < -0.4 is 5.73 Å². The van der Waals surface area contributed by atoms with Crippen LogP contribution in [0.5, 0.6) is 0 Å². The maximum Gasteiger partial charge on any atom is 0.248 e. The van der Waals surface area contributed by atoms with E-state index in [0.717, 1.165) is 12.8 Å². The number of nitrogens with two attached hydrogens (primary N) is 1. The number of nitrogen functional groups attached to an aromatic ring is 1. The lowest BCUT2D eigenvalue weighted by Gasteiger charge is -2.29. The number of anilines is 1. The van der Waals surface area contributed by atoms with Gasteiger partial charge in [0.25, 0.3) is 0 Å². The monoisotopic (exact) mass is 258 g/mol. The van der Waals surface area contributed by atoms with Crippen molar-refractivity contribution in [2.24, 2.45) is 13.0 Å². The predicted molar refractivity (Wildman–Crippen MR) is 64.8 cm³/mol.